The summed E-state index contributed by atoms with van der Waals surface area (Å²) in [5.41, 5.74) is 3.69. The van der Waals surface area contributed by atoms with Crippen molar-refractivity contribution >= 4 is 34.4 Å². The van der Waals surface area contributed by atoms with Gasteiger partial charge < -0.3 is 20.7 Å². The molecule has 0 radical (unpaired) electrons. The smallest absolute Gasteiger partial charge is 0.246 e. The van der Waals surface area contributed by atoms with Crippen molar-refractivity contribution in [2.45, 2.75) is 70.7 Å². The molecule has 2 atom stereocenters. The Morgan fingerprint density at radius 1 is 0.791 bits per heavy atom. The summed E-state index contributed by atoms with van der Waals surface area (Å²) >= 11 is 0. The summed E-state index contributed by atoms with van der Waals surface area (Å²) in [5, 5.41) is 10.2. The van der Waals surface area contributed by atoms with Gasteiger partial charge in [0, 0.05) is 20.1 Å². The van der Waals surface area contributed by atoms with Gasteiger partial charge in [-0.25, -0.2) is 5.48 Å². The van der Waals surface area contributed by atoms with Crippen LogP contribution in [0.4, 0.5) is 0 Å². The van der Waals surface area contributed by atoms with E-state index in [-0.39, 0.29) is 31.9 Å². The fraction of sp³-hybridized carbons (Fsp3) is 0.394. The lowest BCUT2D eigenvalue weighted by Crippen LogP contribution is -2.56. The molecule has 4 N–H and O–H groups in total. The van der Waals surface area contributed by atoms with E-state index in [4.69, 9.17) is 9.57 Å². The number of rotatable bonds is 15. The first-order chi connectivity index (χ1) is 20.6. The summed E-state index contributed by atoms with van der Waals surface area (Å²) in [6, 6.07) is 21.1. The lowest BCUT2D eigenvalue weighted by Gasteiger charge is -2.24. The van der Waals surface area contributed by atoms with Crippen molar-refractivity contribution in [3.63, 3.8) is 0 Å². The Bertz CT molecular complexity index is 1370. The van der Waals surface area contributed by atoms with Gasteiger partial charge in [-0.1, -0.05) is 72.8 Å². The van der Waals surface area contributed by atoms with Crippen LogP contribution >= 0.6 is 0 Å². The van der Waals surface area contributed by atoms with Crippen LogP contribution < -0.4 is 21.4 Å². The van der Waals surface area contributed by atoms with Crippen LogP contribution in [0, 0.1) is 0 Å². The molecule has 3 rings (SSSR count). The molecule has 1 unspecified atom stereocenters. The van der Waals surface area contributed by atoms with Crippen molar-refractivity contribution in [1.29, 1.82) is 0 Å². The number of carbonyl (C=O) groups excluding carboxylic acids is 4. The normalized spacial score (nSPS) is 12.7. The number of carbonyl (C=O) groups is 4. The number of hydroxylamine groups is 1. The van der Waals surface area contributed by atoms with Gasteiger partial charge in [0.1, 0.15) is 12.1 Å². The van der Waals surface area contributed by atoms with Crippen LogP contribution in [0.1, 0.15) is 51.2 Å². The van der Waals surface area contributed by atoms with Crippen LogP contribution in [0.15, 0.2) is 72.8 Å². The zero-order valence-corrected chi connectivity index (χ0v) is 25.3. The molecule has 0 fully saturated rings. The highest BCUT2D eigenvalue weighted by atomic mass is 16.7. The number of aryl methyl sites for hydroxylation is 1. The topological polar surface area (TPSA) is 135 Å². The quantitative estimate of drug-likeness (QED) is 0.201. The van der Waals surface area contributed by atoms with Crippen molar-refractivity contribution < 1.29 is 28.8 Å². The maximum absolute atomic E-state index is 13.4. The molecule has 230 valence electrons. The first-order valence-corrected chi connectivity index (χ1v) is 14.4. The Kier molecular flexibility index (Phi) is 12.7. The number of hydrogen-bond acceptors (Lipinski definition) is 6. The van der Waals surface area contributed by atoms with Crippen molar-refractivity contribution in [3.8, 4) is 0 Å². The summed E-state index contributed by atoms with van der Waals surface area (Å²) in [7, 11) is 1.42. The number of methoxy groups -OCH3 is 1. The zero-order valence-electron chi connectivity index (χ0n) is 25.3. The molecule has 0 aliphatic rings. The van der Waals surface area contributed by atoms with E-state index >= 15 is 0 Å². The van der Waals surface area contributed by atoms with Crippen molar-refractivity contribution in [3.05, 3.63) is 83.9 Å². The Hall–Kier alpha value is -4.28. The van der Waals surface area contributed by atoms with E-state index < -0.39 is 35.4 Å². The molecule has 4 amide bonds. The molecule has 43 heavy (non-hydrogen) atoms. The maximum Gasteiger partial charge on any atom is 0.246 e. The number of fused-ring (bicyclic) bond motifs is 1. The van der Waals surface area contributed by atoms with Crippen molar-refractivity contribution in [2.75, 3.05) is 13.7 Å². The Morgan fingerprint density at radius 3 is 2.21 bits per heavy atom. The van der Waals surface area contributed by atoms with Gasteiger partial charge in [-0.15, -0.1) is 0 Å². The lowest BCUT2D eigenvalue weighted by atomic mass is 10.0. The van der Waals surface area contributed by atoms with Gasteiger partial charge >= 0.3 is 0 Å². The monoisotopic (exact) mass is 590 g/mol. The van der Waals surface area contributed by atoms with Gasteiger partial charge in [0.25, 0.3) is 0 Å². The molecule has 0 aromatic heterocycles. The second-order valence-corrected chi connectivity index (χ2v) is 11.3. The van der Waals surface area contributed by atoms with E-state index in [1.54, 1.807) is 20.8 Å². The van der Waals surface area contributed by atoms with Gasteiger partial charge in [-0.05, 0) is 55.5 Å². The average molecular weight is 591 g/mol. The minimum Gasteiger partial charge on any atom is -0.382 e. The molecule has 10 nitrogen and oxygen atoms in total. The molecule has 0 saturated carbocycles. The van der Waals surface area contributed by atoms with Gasteiger partial charge in [-0.3, -0.25) is 24.0 Å². The number of amides is 4. The van der Waals surface area contributed by atoms with Gasteiger partial charge in [0.05, 0.1) is 18.6 Å². The summed E-state index contributed by atoms with van der Waals surface area (Å²) in [6.07, 6.45) is 1.03. The Labute approximate surface area is 252 Å². The van der Waals surface area contributed by atoms with Gasteiger partial charge in [-0.2, -0.15) is 0 Å². The second-order valence-electron chi connectivity index (χ2n) is 11.3. The van der Waals surface area contributed by atoms with Gasteiger partial charge in [0.2, 0.25) is 23.6 Å². The first kappa shape index (κ1) is 33.2. The predicted molar refractivity (Wildman–Crippen MR) is 165 cm³/mol. The van der Waals surface area contributed by atoms with E-state index in [2.05, 4.69) is 21.4 Å². The molecule has 0 heterocycles. The van der Waals surface area contributed by atoms with E-state index in [0.29, 0.717) is 12.8 Å². The zero-order chi connectivity index (χ0) is 31.2. The highest BCUT2D eigenvalue weighted by molar-refractivity contribution is 5.95. The summed E-state index contributed by atoms with van der Waals surface area (Å²) < 4.78 is 5.20. The number of hydrogen-bond donors (Lipinski definition) is 4. The largest absolute Gasteiger partial charge is 0.382 e. The van der Waals surface area contributed by atoms with E-state index in [1.807, 2.05) is 72.8 Å². The Morgan fingerprint density at radius 2 is 1.49 bits per heavy atom. The van der Waals surface area contributed by atoms with Gasteiger partial charge in [0.15, 0.2) is 0 Å². The third-order valence-electron chi connectivity index (χ3n) is 6.52. The van der Waals surface area contributed by atoms with E-state index in [0.717, 1.165) is 21.9 Å². The molecular weight excluding hydrogens is 548 g/mol. The average Bonchev–Trinajstić information content (AvgIpc) is 2.98. The molecule has 0 aliphatic heterocycles. The molecule has 0 bridgehead atoms. The minimum absolute atomic E-state index is 0.107. The summed E-state index contributed by atoms with van der Waals surface area (Å²) in [6.45, 7) is 5.42. The van der Waals surface area contributed by atoms with Crippen LogP contribution in [0.25, 0.3) is 10.8 Å². The number of ether oxygens (including phenoxy) is 1. The van der Waals surface area contributed by atoms with Crippen molar-refractivity contribution in [1.82, 2.24) is 21.4 Å². The van der Waals surface area contributed by atoms with E-state index in [9.17, 15) is 19.2 Å². The predicted octanol–water partition coefficient (Wildman–Crippen LogP) is 3.33. The highest BCUT2D eigenvalue weighted by Crippen LogP contribution is 2.18. The van der Waals surface area contributed by atoms with E-state index in [1.165, 1.54) is 7.11 Å². The fourth-order valence-electron chi connectivity index (χ4n) is 4.38. The Balaban J connectivity index is 1.64. The molecule has 3 aromatic carbocycles. The van der Waals surface area contributed by atoms with Crippen LogP contribution in [0.3, 0.4) is 0 Å². The molecular formula is C33H42N4O6. The SMILES string of the molecule is COCC(NC(=O)[C@H](CC(=O)NOC(C)(C)C)NC(=O)CCCc1ccccc1)C(=O)NCc1cccc2ccccc12. The number of nitrogens with one attached hydrogen (secondary N) is 4. The molecule has 0 spiro atoms. The highest BCUT2D eigenvalue weighted by Gasteiger charge is 2.29. The maximum atomic E-state index is 13.4. The first-order valence-electron chi connectivity index (χ1n) is 14.4. The molecule has 0 aliphatic carbocycles. The van der Waals surface area contributed by atoms with Crippen LogP contribution in [0.2, 0.25) is 0 Å². The van der Waals surface area contributed by atoms with Crippen LogP contribution in [-0.2, 0) is 41.7 Å². The minimum atomic E-state index is -1.24. The third-order valence-corrected chi connectivity index (χ3v) is 6.52. The third kappa shape index (κ3) is 11.5. The lowest BCUT2D eigenvalue weighted by molar-refractivity contribution is -0.147. The molecule has 10 heteroatoms. The summed E-state index contributed by atoms with van der Waals surface area (Å²) in [4.78, 5) is 57.3. The summed E-state index contributed by atoms with van der Waals surface area (Å²) in [5.74, 6) is -2.13. The van der Waals surface area contributed by atoms with Crippen LogP contribution in [-0.4, -0.2) is 55.0 Å². The number of benzene rings is 3. The standard InChI is InChI=1S/C33H42N4O6/c1-33(2,3)43-37-30(39)20-27(35-29(38)19-10-14-23-12-6-5-7-13-23)32(41)36-28(22-42-4)31(40)34-21-25-17-11-16-24-15-8-9-18-26(24)25/h5-9,11-13,15-18,27-28H,10,14,19-22H2,1-4H3,(H,34,40)(H,35,38)(H,36,41)(H,37,39)/t27-,28?/m0/s1. The molecule has 3 aromatic rings. The second kappa shape index (κ2) is 16.4. The van der Waals surface area contributed by atoms with Crippen molar-refractivity contribution in [2.24, 2.45) is 0 Å². The fourth-order valence-corrected chi connectivity index (χ4v) is 4.38. The van der Waals surface area contributed by atoms with Crippen LogP contribution in [0.5, 0.6) is 0 Å². The molecule has 0 saturated heterocycles.